The number of hydrogen-bond acceptors (Lipinski definition) is 3. The molecule has 1 heterocycles. The number of nitro benzene ring substituents is 1. The predicted octanol–water partition coefficient (Wildman–Crippen LogP) is 3.80. The lowest BCUT2D eigenvalue weighted by Crippen LogP contribution is -2.39. The maximum absolute atomic E-state index is 12.4. The normalized spacial score (nSPS) is 10.4. The standard InChI is InChI=1S/C21H19N3O3/c1-15-11-19(20(24(26)27)12-16(15)2)22-21(25)14-23-10-6-9-18(13-23)17-7-4-3-5-8-17/h3-13H,14H2,1-2H3/p+1. The quantitative estimate of drug-likeness (QED) is 0.426. The average Bonchev–Trinajstić information content (AvgIpc) is 2.65. The Bertz CT molecular complexity index is 1000. The van der Waals surface area contributed by atoms with Crippen molar-refractivity contribution in [1.82, 2.24) is 0 Å². The van der Waals surface area contributed by atoms with Gasteiger partial charge >= 0.3 is 0 Å². The number of benzene rings is 2. The fourth-order valence-corrected chi connectivity index (χ4v) is 2.83. The second kappa shape index (κ2) is 7.78. The van der Waals surface area contributed by atoms with E-state index in [0.717, 1.165) is 22.3 Å². The molecule has 6 nitrogen and oxygen atoms in total. The molecule has 6 heteroatoms. The first-order valence-corrected chi connectivity index (χ1v) is 8.54. The Hall–Kier alpha value is -3.54. The van der Waals surface area contributed by atoms with E-state index in [9.17, 15) is 14.9 Å². The van der Waals surface area contributed by atoms with Crippen LogP contribution in [0.15, 0.2) is 67.0 Å². The van der Waals surface area contributed by atoms with Crippen molar-refractivity contribution < 1.29 is 14.3 Å². The molecule has 0 radical (unpaired) electrons. The number of anilines is 1. The van der Waals surface area contributed by atoms with Crippen LogP contribution in [0.25, 0.3) is 11.1 Å². The molecule has 2 aromatic carbocycles. The molecule has 3 rings (SSSR count). The summed E-state index contributed by atoms with van der Waals surface area (Å²) in [5.74, 6) is -0.323. The zero-order valence-corrected chi connectivity index (χ0v) is 15.2. The molecule has 0 saturated heterocycles. The van der Waals surface area contributed by atoms with Crippen molar-refractivity contribution in [2.24, 2.45) is 0 Å². The molecule has 0 aliphatic carbocycles. The van der Waals surface area contributed by atoms with Gasteiger partial charge in [0.25, 0.3) is 11.6 Å². The van der Waals surface area contributed by atoms with E-state index in [-0.39, 0.29) is 23.8 Å². The highest BCUT2D eigenvalue weighted by Gasteiger charge is 2.19. The number of nitro groups is 1. The molecule has 0 spiro atoms. The van der Waals surface area contributed by atoms with Crippen LogP contribution >= 0.6 is 0 Å². The zero-order valence-electron chi connectivity index (χ0n) is 15.2. The topological polar surface area (TPSA) is 76.1 Å². The molecule has 136 valence electrons. The molecule has 27 heavy (non-hydrogen) atoms. The van der Waals surface area contributed by atoms with E-state index in [0.29, 0.717) is 0 Å². The van der Waals surface area contributed by atoms with Gasteiger partial charge in [-0.25, -0.2) is 0 Å². The zero-order chi connectivity index (χ0) is 19.4. The van der Waals surface area contributed by atoms with Crippen molar-refractivity contribution in [3.8, 4) is 11.1 Å². The number of aromatic nitrogens is 1. The van der Waals surface area contributed by atoms with Crippen LogP contribution in [0, 0.1) is 24.0 Å². The van der Waals surface area contributed by atoms with Crippen LogP contribution in [0.4, 0.5) is 11.4 Å². The number of carbonyl (C=O) groups is 1. The summed E-state index contributed by atoms with van der Waals surface area (Å²) in [5, 5.41) is 13.9. The third-order valence-corrected chi connectivity index (χ3v) is 4.37. The fraction of sp³-hybridized carbons (Fsp3) is 0.143. The Morgan fingerprint density at radius 2 is 1.70 bits per heavy atom. The van der Waals surface area contributed by atoms with E-state index in [1.807, 2.05) is 55.6 Å². The first-order chi connectivity index (χ1) is 12.9. The molecular weight excluding hydrogens is 342 g/mol. The van der Waals surface area contributed by atoms with Crippen LogP contribution in [0.1, 0.15) is 11.1 Å². The highest BCUT2D eigenvalue weighted by Crippen LogP contribution is 2.27. The van der Waals surface area contributed by atoms with Gasteiger partial charge in [0.1, 0.15) is 5.69 Å². The summed E-state index contributed by atoms with van der Waals surface area (Å²) >= 11 is 0. The number of hydrogen-bond donors (Lipinski definition) is 1. The van der Waals surface area contributed by atoms with E-state index in [1.165, 1.54) is 6.07 Å². The third kappa shape index (κ3) is 4.36. The molecule has 0 saturated carbocycles. The number of nitrogens with one attached hydrogen (secondary N) is 1. The lowest BCUT2D eigenvalue weighted by Gasteiger charge is -2.08. The molecule has 3 aromatic rings. The van der Waals surface area contributed by atoms with Gasteiger partial charge in [-0.05, 0) is 42.7 Å². The Balaban J connectivity index is 1.79. The highest BCUT2D eigenvalue weighted by molar-refractivity contribution is 5.92. The van der Waals surface area contributed by atoms with E-state index in [1.54, 1.807) is 23.8 Å². The average molecular weight is 362 g/mol. The van der Waals surface area contributed by atoms with Crippen molar-refractivity contribution in [2.45, 2.75) is 20.4 Å². The summed E-state index contributed by atoms with van der Waals surface area (Å²) in [7, 11) is 0. The van der Waals surface area contributed by atoms with Crippen molar-refractivity contribution in [2.75, 3.05) is 5.32 Å². The number of nitrogens with zero attached hydrogens (tertiary/aromatic N) is 2. The first-order valence-electron chi connectivity index (χ1n) is 8.54. The summed E-state index contributed by atoms with van der Waals surface area (Å²) in [6, 6.07) is 16.8. The van der Waals surface area contributed by atoms with E-state index < -0.39 is 4.92 Å². The number of aryl methyl sites for hydroxylation is 2. The van der Waals surface area contributed by atoms with E-state index in [2.05, 4.69) is 5.32 Å². The minimum Gasteiger partial charge on any atom is -0.315 e. The second-order valence-corrected chi connectivity index (χ2v) is 6.39. The minimum atomic E-state index is -0.481. The van der Waals surface area contributed by atoms with Crippen LogP contribution in [-0.2, 0) is 11.3 Å². The molecule has 0 fully saturated rings. The van der Waals surface area contributed by atoms with Crippen LogP contribution in [0.2, 0.25) is 0 Å². The number of carbonyl (C=O) groups excluding carboxylic acids is 1. The Kier molecular flexibility index (Phi) is 5.26. The number of pyridine rings is 1. The molecule has 0 atom stereocenters. The predicted molar refractivity (Wildman–Crippen MR) is 103 cm³/mol. The fourth-order valence-electron chi connectivity index (χ4n) is 2.83. The first kappa shape index (κ1) is 18.3. The van der Waals surface area contributed by atoms with Gasteiger partial charge in [-0.1, -0.05) is 30.3 Å². The molecule has 0 unspecified atom stereocenters. The SMILES string of the molecule is Cc1cc(NC(=O)C[n+]2cccc(-c3ccccc3)c2)c([N+](=O)[O-])cc1C. The molecule has 1 aromatic heterocycles. The van der Waals surface area contributed by atoms with Crippen LogP contribution < -0.4 is 9.88 Å². The lowest BCUT2D eigenvalue weighted by atomic mass is 10.1. The molecule has 0 aliphatic heterocycles. The largest absolute Gasteiger partial charge is 0.315 e. The van der Waals surface area contributed by atoms with Crippen LogP contribution in [0.3, 0.4) is 0 Å². The third-order valence-electron chi connectivity index (χ3n) is 4.37. The Morgan fingerprint density at radius 3 is 2.41 bits per heavy atom. The Morgan fingerprint density at radius 1 is 1.04 bits per heavy atom. The summed E-state index contributed by atoms with van der Waals surface area (Å²) in [6.45, 7) is 3.72. The van der Waals surface area contributed by atoms with Gasteiger partial charge in [0.05, 0.1) is 4.92 Å². The van der Waals surface area contributed by atoms with Gasteiger partial charge in [-0.3, -0.25) is 14.9 Å². The smallest absolute Gasteiger partial charge is 0.293 e. The summed E-state index contributed by atoms with van der Waals surface area (Å²) < 4.78 is 1.75. The second-order valence-electron chi connectivity index (χ2n) is 6.39. The van der Waals surface area contributed by atoms with Crippen LogP contribution in [0.5, 0.6) is 0 Å². The Labute approximate surface area is 157 Å². The van der Waals surface area contributed by atoms with E-state index in [4.69, 9.17) is 0 Å². The van der Waals surface area contributed by atoms with Gasteiger partial charge in [-0.2, -0.15) is 4.57 Å². The van der Waals surface area contributed by atoms with Gasteiger partial charge in [0.2, 0.25) is 6.54 Å². The lowest BCUT2D eigenvalue weighted by molar-refractivity contribution is -0.683. The summed E-state index contributed by atoms with van der Waals surface area (Å²) in [6.07, 6.45) is 3.67. The summed E-state index contributed by atoms with van der Waals surface area (Å²) in [4.78, 5) is 23.2. The maximum atomic E-state index is 12.4. The van der Waals surface area contributed by atoms with Crippen molar-refractivity contribution in [3.63, 3.8) is 0 Å². The summed E-state index contributed by atoms with van der Waals surface area (Å²) in [5.41, 5.74) is 3.85. The molecule has 1 N–H and O–H groups in total. The van der Waals surface area contributed by atoms with Crippen molar-refractivity contribution in [1.29, 1.82) is 0 Å². The number of amides is 1. The molecular formula is C21H20N3O3+. The molecule has 0 aliphatic rings. The molecule has 0 bridgehead atoms. The number of rotatable bonds is 5. The van der Waals surface area contributed by atoms with Gasteiger partial charge in [0.15, 0.2) is 12.4 Å². The van der Waals surface area contributed by atoms with Gasteiger partial charge in [0, 0.05) is 17.7 Å². The van der Waals surface area contributed by atoms with Gasteiger partial charge in [-0.15, -0.1) is 0 Å². The van der Waals surface area contributed by atoms with Crippen molar-refractivity contribution >= 4 is 17.3 Å². The maximum Gasteiger partial charge on any atom is 0.293 e. The molecule has 1 amide bonds. The van der Waals surface area contributed by atoms with Crippen LogP contribution in [-0.4, -0.2) is 10.8 Å². The van der Waals surface area contributed by atoms with Crippen molar-refractivity contribution in [3.05, 3.63) is 88.2 Å². The monoisotopic (exact) mass is 362 g/mol. The highest BCUT2D eigenvalue weighted by atomic mass is 16.6. The van der Waals surface area contributed by atoms with Gasteiger partial charge < -0.3 is 5.32 Å². The minimum absolute atomic E-state index is 0.0603. The van der Waals surface area contributed by atoms with E-state index >= 15 is 0 Å².